The number of carbonyl (C=O) groups is 2. The number of amides is 1. The van der Waals surface area contributed by atoms with E-state index in [1.807, 2.05) is 24.4 Å². The van der Waals surface area contributed by atoms with E-state index in [-0.39, 0.29) is 5.02 Å². The Morgan fingerprint density at radius 1 is 1.16 bits per heavy atom. The molecule has 3 aromatic rings. The van der Waals surface area contributed by atoms with Crippen LogP contribution in [0.3, 0.4) is 0 Å². The molecule has 0 aliphatic heterocycles. The van der Waals surface area contributed by atoms with Crippen LogP contribution in [0, 0.1) is 12.8 Å². The van der Waals surface area contributed by atoms with Gasteiger partial charge < -0.3 is 25.3 Å². The number of halogens is 1. The Morgan fingerprint density at radius 3 is 2.45 bits per heavy atom. The van der Waals surface area contributed by atoms with Gasteiger partial charge in [-0.2, -0.15) is 0 Å². The molecule has 8 heteroatoms. The highest BCUT2D eigenvalue weighted by Crippen LogP contribution is 2.37. The molecule has 7 nitrogen and oxygen atoms in total. The Morgan fingerprint density at radius 2 is 1.87 bits per heavy atom. The molecule has 3 rings (SSSR count). The number of carboxylic acids is 1. The summed E-state index contributed by atoms with van der Waals surface area (Å²) >= 11 is 6.40. The Labute approximate surface area is 185 Å². The number of ether oxygens (including phenoxy) is 1. The number of carbonyl (C=O) groups excluding carboxylic acids is 1. The molecule has 0 aliphatic rings. The van der Waals surface area contributed by atoms with Crippen molar-refractivity contribution < 1.29 is 24.5 Å². The first kappa shape index (κ1) is 22.7. The predicted molar refractivity (Wildman–Crippen MR) is 120 cm³/mol. The molecule has 4 N–H and O–H groups in total. The number of aryl methyl sites for hydroxylation is 1. The van der Waals surface area contributed by atoms with Gasteiger partial charge in [-0.1, -0.05) is 25.4 Å². The van der Waals surface area contributed by atoms with Crippen molar-refractivity contribution in [3.05, 3.63) is 52.7 Å². The van der Waals surface area contributed by atoms with Crippen molar-refractivity contribution in [3.8, 4) is 11.5 Å². The van der Waals surface area contributed by atoms with Crippen molar-refractivity contribution in [2.45, 2.75) is 39.7 Å². The summed E-state index contributed by atoms with van der Waals surface area (Å²) < 4.78 is 6.04. The van der Waals surface area contributed by atoms with Crippen LogP contribution in [-0.4, -0.2) is 33.2 Å². The van der Waals surface area contributed by atoms with E-state index in [9.17, 15) is 14.7 Å². The minimum absolute atomic E-state index is 0.262. The number of aromatic amines is 1. The lowest BCUT2D eigenvalue weighted by Gasteiger charge is -2.17. The zero-order chi connectivity index (χ0) is 22.9. The molecule has 0 fully saturated rings. The third-order valence-electron chi connectivity index (χ3n) is 5.05. The quantitative estimate of drug-likeness (QED) is 0.380. The van der Waals surface area contributed by atoms with E-state index in [2.05, 4.69) is 24.1 Å². The lowest BCUT2D eigenvalue weighted by molar-refractivity contribution is -0.149. The average molecular weight is 445 g/mol. The maximum absolute atomic E-state index is 12.3. The number of aliphatic carboxylic acids is 1. The fourth-order valence-electron chi connectivity index (χ4n) is 3.47. The number of aliphatic hydroxyl groups excluding tert-OH is 1. The maximum atomic E-state index is 12.3. The number of hydrogen-bond donors (Lipinski definition) is 4. The molecule has 2 atom stereocenters. The summed E-state index contributed by atoms with van der Waals surface area (Å²) in [6.45, 7) is 7.27. The molecule has 0 saturated carbocycles. The fourth-order valence-corrected chi connectivity index (χ4v) is 3.78. The first-order valence-corrected chi connectivity index (χ1v) is 10.3. The van der Waals surface area contributed by atoms with Crippen LogP contribution in [0.5, 0.6) is 11.5 Å². The van der Waals surface area contributed by atoms with Gasteiger partial charge in [-0.15, -0.1) is 0 Å². The number of aromatic nitrogens is 1. The Kier molecular flexibility index (Phi) is 6.57. The molecule has 1 aromatic heterocycles. The maximum Gasteiger partial charge on any atom is 0.318 e. The topological polar surface area (TPSA) is 112 Å². The largest absolute Gasteiger partial charge is 0.481 e. The second-order valence-electron chi connectivity index (χ2n) is 7.86. The molecule has 0 spiro atoms. The van der Waals surface area contributed by atoms with E-state index >= 15 is 0 Å². The monoisotopic (exact) mass is 444 g/mol. The van der Waals surface area contributed by atoms with Crippen molar-refractivity contribution in [3.63, 3.8) is 0 Å². The molecule has 0 saturated heterocycles. The SMILES string of the molecule is Cc1cc(NC(=O)C(C(=O)O)C(C)O)cc(Cl)c1Oc1ccc2[nH]cc(C(C)C)c2c1. The van der Waals surface area contributed by atoms with Gasteiger partial charge in [0, 0.05) is 22.8 Å². The Hall–Kier alpha value is -3.03. The van der Waals surface area contributed by atoms with E-state index in [1.54, 1.807) is 13.0 Å². The molecule has 0 aliphatic carbocycles. The summed E-state index contributed by atoms with van der Waals surface area (Å²) in [5.41, 5.74) is 3.18. The van der Waals surface area contributed by atoms with Crippen LogP contribution < -0.4 is 10.1 Å². The highest BCUT2D eigenvalue weighted by molar-refractivity contribution is 6.32. The molecule has 1 amide bonds. The van der Waals surface area contributed by atoms with Gasteiger partial charge in [0.1, 0.15) is 11.5 Å². The van der Waals surface area contributed by atoms with Gasteiger partial charge in [-0.3, -0.25) is 9.59 Å². The van der Waals surface area contributed by atoms with Gasteiger partial charge in [0.05, 0.1) is 11.1 Å². The summed E-state index contributed by atoms with van der Waals surface area (Å²) in [4.78, 5) is 26.7. The number of nitrogens with one attached hydrogen (secondary N) is 2. The van der Waals surface area contributed by atoms with Crippen molar-refractivity contribution in [2.75, 3.05) is 5.32 Å². The standard InChI is InChI=1S/C23H25ClN2O5/c1-11(2)17-10-25-19-6-5-15(9-16(17)19)31-21-12(3)7-14(8-18(21)24)26-22(28)20(13(4)27)23(29)30/h5-11,13,20,25,27H,1-4H3,(H,26,28)(H,29,30). The second kappa shape index (κ2) is 8.99. The Balaban J connectivity index is 1.86. The highest BCUT2D eigenvalue weighted by atomic mass is 35.5. The number of anilines is 1. The average Bonchev–Trinajstić information content (AvgIpc) is 3.07. The number of carboxylic acid groups (broad SMARTS) is 1. The molecular weight excluding hydrogens is 420 g/mol. The molecule has 164 valence electrons. The summed E-state index contributed by atoms with van der Waals surface area (Å²) in [6.07, 6.45) is 0.655. The zero-order valence-corrected chi connectivity index (χ0v) is 18.4. The molecular formula is C23H25ClN2O5. The van der Waals surface area contributed by atoms with Crippen LogP contribution >= 0.6 is 11.6 Å². The van der Waals surface area contributed by atoms with Crippen molar-refractivity contribution in [1.29, 1.82) is 0 Å². The molecule has 0 radical (unpaired) electrons. The first-order chi connectivity index (χ1) is 14.6. The highest BCUT2D eigenvalue weighted by Gasteiger charge is 2.31. The third kappa shape index (κ3) is 4.84. The van der Waals surface area contributed by atoms with E-state index in [1.165, 1.54) is 18.6 Å². The van der Waals surface area contributed by atoms with Gasteiger partial charge in [0.2, 0.25) is 5.91 Å². The summed E-state index contributed by atoms with van der Waals surface area (Å²) in [5.74, 6) is -2.41. The summed E-state index contributed by atoms with van der Waals surface area (Å²) in [5, 5.41) is 22.6. The number of hydrogen-bond acceptors (Lipinski definition) is 4. The van der Waals surface area contributed by atoms with Gasteiger partial charge in [0.25, 0.3) is 0 Å². The molecule has 2 aromatic carbocycles. The van der Waals surface area contributed by atoms with E-state index in [0.29, 0.717) is 28.7 Å². The smallest absolute Gasteiger partial charge is 0.318 e. The molecule has 31 heavy (non-hydrogen) atoms. The predicted octanol–water partition coefficient (Wildman–Crippen LogP) is 5.07. The normalized spacial score (nSPS) is 13.3. The van der Waals surface area contributed by atoms with Crippen molar-refractivity contribution in [1.82, 2.24) is 4.98 Å². The van der Waals surface area contributed by atoms with Gasteiger partial charge >= 0.3 is 5.97 Å². The minimum Gasteiger partial charge on any atom is -0.481 e. The lowest BCUT2D eigenvalue weighted by Crippen LogP contribution is -2.37. The fraction of sp³-hybridized carbons (Fsp3) is 0.304. The summed E-state index contributed by atoms with van der Waals surface area (Å²) in [7, 11) is 0. The van der Waals surface area contributed by atoms with Crippen molar-refractivity contribution in [2.24, 2.45) is 5.92 Å². The number of fused-ring (bicyclic) bond motifs is 1. The summed E-state index contributed by atoms with van der Waals surface area (Å²) in [6, 6.07) is 8.85. The van der Waals surface area contributed by atoms with Crippen LogP contribution in [0.4, 0.5) is 5.69 Å². The van der Waals surface area contributed by atoms with Crippen LogP contribution in [0.2, 0.25) is 5.02 Å². The van der Waals surface area contributed by atoms with Gasteiger partial charge in [-0.05, 0) is 61.2 Å². The number of H-pyrrole nitrogens is 1. The van der Waals surface area contributed by atoms with E-state index < -0.39 is 23.9 Å². The lowest BCUT2D eigenvalue weighted by atomic mass is 10.0. The third-order valence-corrected chi connectivity index (χ3v) is 5.34. The van der Waals surface area contributed by atoms with Crippen LogP contribution in [-0.2, 0) is 9.59 Å². The molecule has 0 bridgehead atoms. The number of aliphatic hydroxyl groups is 1. The van der Waals surface area contributed by atoms with Crippen LogP contribution in [0.1, 0.15) is 37.8 Å². The van der Waals surface area contributed by atoms with E-state index in [4.69, 9.17) is 21.4 Å². The van der Waals surface area contributed by atoms with E-state index in [0.717, 1.165) is 10.9 Å². The van der Waals surface area contributed by atoms with Crippen LogP contribution in [0.15, 0.2) is 36.5 Å². The number of benzene rings is 2. The van der Waals surface area contributed by atoms with Crippen molar-refractivity contribution >= 4 is 40.1 Å². The minimum atomic E-state index is -1.58. The first-order valence-electron chi connectivity index (χ1n) is 9.89. The Bertz CT molecular complexity index is 1110. The molecule has 1 heterocycles. The van der Waals surface area contributed by atoms with Gasteiger partial charge in [-0.25, -0.2) is 0 Å². The second-order valence-corrected chi connectivity index (χ2v) is 8.27. The van der Waals surface area contributed by atoms with Gasteiger partial charge in [0.15, 0.2) is 5.92 Å². The number of rotatable bonds is 7. The zero-order valence-electron chi connectivity index (χ0n) is 17.7. The van der Waals surface area contributed by atoms with Crippen LogP contribution in [0.25, 0.3) is 10.9 Å². The molecule has 2 unspecified atom stereocenters.